The highest BCUT2D eigenvalue weighted by atomic mass is 16.5. The van der Waals surface area contributed by atoms with Gasteiger partial charge in [0.15, 0.2) is 0 Å². The molecule has 2 fully saturated rings. The number of nitrogens with zero attached hydrogens (tertiary/aromatic N) is 1. The van der Waals surface area contributed by atoms with Crippen LogP contribution in [-0.2, 0) is 25.6 Å². The molecule has 2 aliphatic rings. The van der Waals surface area contributed by atoms with E-state index in [4.69, 9.17) is 4.74 Å². The molecule has 2 aliphatic heterocycles. The Morgan fingerprint density at radius 1 is 1.00 bits per heavy atom. The molecule has 1 unspecified atom stereocenters. The molecule has 4 N–H and O–H groups in total. The molecule has 0 spiro atoms. The lowest BCUT2D eigenvalue weighted by Gasteiger charge is -2.34. The molecule has 6 atom stereocenters. The van der Waals surface area contributed by atoms with E-state index in [0.717, 1.165) is 5.56 Å². The smallest absolute Gasteiger partial charge is 0.246 e. The van der Waals surface area contributed by atoms with E-state index in [9.17, 15) is 24.3 Å². The number of benzene rings is 1. The van der Waals surface area contributed by atoms with Gasteiger partial charge in [-0.15, -0.1) is 0 Å². The Kier molecular flexibility index (Phi) is 8.71. The van der Waals surface area contributed by atoms with Crippen LogP contribution in [0, 0.1) is 5.92 Å². The van der Waals surface area contributed by atoms with Gasteiger partial charge in [-0.05, 0) is 43.4 Å². The van der Waals surface area contributed by atoms with Crippen LogP contribution in [0.5, 0.6) is 5.75 Å². The van der Waals surface area contributed by atoms with E-state index in [1.54, 1.807) is 19.2 Å². The quantitative estimate of drug-likeness (QED) is 0.449. The number of fused-ring (bicyclic) bond motifs is 1. The maximum Gasteiger partial charge on any atom is 0.246 e. The largest absolute Gasteiger partial charge is 0.497 e. The molecule has 1 aromatic carbocycles. The van der Waals surface area contributed by atoms with E-state index in [0.29, 0.717) is 31.6 Å². The van der Waals surface area contributed by atoms with Gasteiger partial charge in [0.1, 0.15) is 29.9 Å². The van der Waals surface area contributed by atoms with Crippen LogP contribution in [0.3, 0.4) is 0 Å². The molecule has 192 valence electrons. The summed E-state index contributed by atoms with van der Waals surface area (Å²) in [6.45, 7) is 5.48. The molecule has 0 bridgehead atoms. The maximum atomic E-state index is 13.7. The highest BCUT2D eigenvalue weighted by molar-refractivity contribution is 5.98. The minimum atomic E-state index is -1.24. The highest BCUT2D eigenvalue weighted by Gasteiger charge is 2.41. The molecule has 1 aromatic rings. The summed E-state index contributed by atoms with van der Waals surface area (Å²) in [5.74, 6) is -1.54. The van der Waals surface area contributed by atoms with Crippen molar-refractivity contribution in [3.63, 3.8) is 0 Å². The lowest BCUT2D eigenvalue weighted by atomic mass is 9.96. The lowest BCUT2D eigenvalue weighted by molar-refractivity contribution is -0.144. The van der Waals surface area contributed by atoms with Crippen LogP contribution in [0.1, 0.15) is 45.6 Å². The fraction of sp³-hybridized carbons (Fsp3) is 0.600. The Morgan fingerprint density at radius 3 is 2.23 bits per heavy atom. The molecule has 4 amide bonds. The molecule has 35 heavy (non-hydrogen) atoms. The standard InChI is InChI=1S/C25H36N4O6/c1-5-14(2)20-23(32)26-18(13-16-8-10-17(35-4)11-9-16)25(34)29-12-6-7-19(29)22(31)28-21(15(3)30)24(33)27-20/h8-11,14-15,18-21,30H,5-7,12-13H2,1-4H3,(H,26,32)(H,27,33)(H,28,31)/t14-,15?,18-,19-,20-,21-/m0/s1. The minimum Gasteiger partial charge on any atom is -0.497 e. The number of aliphatic hydroxyl groups is 1. The van der Waals surface area contributed by atoms with Crippen molar-refractivity contribution in [2.75, 3.05) is 13.7 Å². The van der Waals surface area contributed by atoms with Crippen molar-refractivity contribution in [3.05, 3.63) is 29.8 Å². The van der Waals surface area contributed by atoms with Gasteiger partial charge in [0.2, 0.25) is 23.6 Å². The van der Waals surface area contributed by atoms with Gasteiger partial charge in [0.25, 0.3) is 0 Å². The number of methoxy groups -OCH3 is 1. The van der Waals surface area contributed by atoms with Crippen LogP contribution in [0.2, 0.25) is 0 Å². The number of rotatable bonds is 6. The fourth-order valence-electron chi connectivity index (χ4n) is 4.56. The first-order valence-electron chi connectivity index (χ1n) is 12.2. The van der Waals surface area contributed by atoms with Crippen molar-refractivity contribution >= 4 is 23.6 Å². The number of amides is 4. The number of hydrogen-bond donors (Lipinski definition) is 4. The van der Waals surface area contributed by atoms with E-state index in [1.807, 2.05) is 26.0 Å². The predicted molar refractivity (Wildman–Crippen MR) is 128 cm³/mol. The monoisotopic (exact) mass is 488 g/mol. The van der Waals surface area contributed by atoms with Gasteiger partial charge in [0.05, 0.1) is 13.2 Å². The lowest BCUT2D eigenvalue weighted by Crippen LogP contribution is -2.64. The van der Waals surface area contributed by atoms with Crippen LogP contribution in [-0.4, -0.2) is 77.6 Å². The Bertz CT molecular complexity index is 934. The Hall–Kier alpha value is -3.14. The first-order chi connectivity index (χ1) is 16.7. The zero-order valence-electron chi connectivity index (χ0n) is 20.7. The molecule has 0 aromatic heterocycles. The van der Waals surface area contributed by atoms with E-state index in [1.165, 1.54) is 11.8 Å². The molecule has 10 heteroatoms. The number of aliphatic hydroxyl groups excluding tert-OH is 1. The van der Waals surface area contributed by atoms with Crippen molar-refractivity contribution in [2.24, 2.45) is 5.92 Å². The molecular formula is C25H36N4O6. The zero-order chi connectivity index (χ0) is 25.7. The van der Waals surface area contributed by atoms with Gasteiger partial charge >= 0.3 is 0 Å². The van der Waals surface area contributed by atoms with E-state index in [-0.39, 0.29) is 18.2 Å². The topological polar surface area (TPSA) is 137 Å². The van der Waals surface area contributed by atoms with Crippen molar-refractivity contribution in [2.45, 2.75) is 76.7 Å². The number of hydrogen-bond acceptors (Lipinski definition) is 6. The second kappa shape index (κ2) is 11.5. The molecule has 2 heterocycles. The summed E-state index contributed by atoms with van der Waals surface area (Å²) in [6.07, 6.45) is 0.681. The SMILES string of the molecule is CC[C@H](C)[C@@H]1NC(=O)[C@H](C(C)O)NC(=O)[C@@H]2CCCN2C(=O)[C@H](Cc2ccc(OC)cc2)NC1=O. The summed E-state index contributed by atoms with van der Waals surface area (Å²) in [5.41, 5.74) is 0.815. The van der Waals surface area contributed by atoms with Gasteiger partial charge in [-0.25, -0.2) is 0 Å². The molecule has 0 aliphatic carbocycles. The third-order valence-electron chi connectivity index (χ3n) is 6.91. The number of carbonyl (C=O) groups excluding carboxylic acids is 4. The van der Waals surface area contributed by atoms with Gasteiger partial charge in [0, 0.05) is 13.0 Å². The second-order valence-electron chi connectivity index (χ2n) is 9.40. The first kappa shape index (κ1) is 26.5. The van der Waals surface area contributed by atoms with Gasteiger partial charge < -0.3 is 30.7 Å². The van der Waals surface area contributed by atoms with Gasteiger partial charge in [-0.1, -0.05) is 32.4 Å². The van der Waals surface area contributed by atoms with Crippen LogP contribution in [0.4, 0.5) is 0 Å². The fourth-order valence-corrected chi connectivity index (χ4v) is 4.56. The van der Waals surface area contributed by atoms with Crippen molar-refractivity contribution in [1.29, 1.82) is 0 Å². The zero-order valence-corrected chi connectivity index (χ0v) is 20.7. The van der Waals surface area contributed by atoms with Crippen LogP contribution in [0.25, 0.3) is 0 Å². The van der Waals surface area contributed by atoms with Gasteiger partial charge in [-0.2, -0.15) is 0 Å². The summed E-state index contributed by atoms with van der Waals surface area (Å²) in [7, 11) is 1.57. The first-order valence-corrected chi connectivity index (χ1v) is 12.2. The summed E-state index contributed by atoms with van der Waals surface area (Å²) in [5, 5.41) is 18.3. The third-order valence-corrected chi connectivity index (χ3v) is 6.91. The summed E-state index contributed by atoms with van der Waals surface area (Å²) >= 11 is 0. The van der Waals surface area contributed by atoms with Crippen molar-refractivity contribution in [3.8, 4) is 5.75 Å². The molecule has 3 rings (SSSR count). The third kappa shape index (κ3) is 6.11. The summed E-state index contributed by atoms with van der Waals surface area (Å²) in [6, 6.07) is 3.33. The summed E-state index contributed by atoms with van der Waals surface area (Å²) < 4.78 is 5.20. The average molecular weight is 489 g/mol. The molecule has 0 radical (unpaired) electrons. The van der Waals surface area contributed by atoms with Crippen molar-refractivity contribution < 1.29 is 29.0 Å². The Balaban J connectivity index is 1.98. The highest BCUT2D eigenvalue weighted by Crippen LogP contribution is 2.22. The number of carbonyl (C=O) groups is 4. The van der Waals surface area contributed by atoms with Crippen LogP contribution < -0.4 is 20.7 Å². The number of nitrogens with one attached hydrogen (secondary N) is 3. The molecular weight excluding hydrogens is 452 g/mol. The maximum absolute atomic E-state index is 13.7. The van der Waals surface area contributed by atoms with E-state index >= 15 is 0 Å². The minimum absolute atomic E-state index is 0.219. The Labute approximate surface area is 205 Å². The molecule has 0 saturated carbocycles. The van der Waals surface area contributed by atoms with Crippen LogP contribution >= 0.6 is 0 Å². The van der Waals surface area contributed by atoms with E-state index in [2.05, 4.69) is 16.0 Å². The predicted octanol–water partition coefficient (Wildman–Crippen LogP) is 0.124. The van der Waals surface area contributed by atoms with Crippen LogP contribution in [0.15, 0.2) is 24.3 Å². The second-order valence-corrected chi connectivity index (χ2v) is 9.40. The Morgan fingerprint density at radius 2 is 1.63 bits per heavy atom. The van der Waals surface area contributed by atoms with Gasteiger partial charge in [-0.3, -0.25) is 19.2 Å². The normalized spacial score (nSPS) is 27.5. The molecule has 2 saturated heterocycles. The average Bonchev–Trinajstić information content (AvgIpc) is 3.34. The number of ether oxygens (including phenoxy) is 1. The summed E-state index contributed by atoms with van der Waals surface area (Å²) in [4.78, 5) is 54.6. The molecule has 10 nitrogen and oxygen atoms in total. The van der Waals surface area contributed by atoms with Crippen molar-refractivity contribution in [1.82, 2.24) is 20.9 Å². The van der Waals surface area contributed by atoms with E-state index < -0.39 is 48.0 Å².